The van der Waals surface area contributed by atoms with Gasteiger partial charge in [0.25, 0.3) is 0 Å². The molecule has 0 saturated carbocycles. The summed E-state index contributed by atoms with van der Waals surface area (Å²) < 4.78 is 11.9. The van der Waals surface area contributed by atoms with Crippen LogP contribution in [0.15, 0.2) is 18.2 Å². The Bertz CT molecular complexity index is 567. The average Bonchev–Trinajstić information content (AvgIpc) is 2.68. The second-order valence-electron chi connectivity index (χ2n) is 8.10. The minimum absolute atomic E-state index is 0.295. The molecule has 2 saturated heterocycles. The van der Waals surface area contributed by atoms with Crippen LogP contribution in [0.2, 0.25) is 0 Å². The van der Waals surface area contributed by atoms with Crippen LogP contribution in [0.3, 0.4) is 0 Å². The summed E-state index contributed by atoms with van der Waals surface area (Å²) in [5, 5.41) is 3.92. The lowest BCUT2D eigenvalue weighted by Gasteiger charge is -2.47. The third kappa shape index (κ3) is 3.73. The number of rotatable bonds is 5. The van der Waals surface area contributed by atoms with E-state index >= 15 is 0 Å². The van der Waals surface area contributed by atoms with E-state index < -0.39 is 0 Å². The molecule has 1 aromatic carbocycles. The summed E-state index contributed by atoms with van der Waals surface area (Å²) in [6.07, 6.45) is 10.3. The van der Waals surface area contributed by atoms with Crippen LogP contribution >= 0.6 is 0 Å². The lowest BCUT2D eigenvalue weighted by Crippen LogP contribution is -2.47. The highest BCUT2D eigenvalue weighted by molar-refractivity contribution is 5.57. The zero-order chi connectivity index (χ0) is 17.1. The smallest absolute Gasteiger partial charge is 0.0892 e. The monoisotopic (exact) mass is 343 g/mol. The van der Waals surface area contributed by atoms with Gasteiger partial charge in [0.1, 0.15) is 0 Å². The summed E-state index contributed by atoms with van der Waals surface area (Å²) in [6, 6.07) is 7.62. The fraction of sp³-hybridized carbons (Fsp3) is 0.727. The van der Waals surface area contributed by atoms with E-state index in [0.717, 1.165) is 25.7 Å². The van der Waals surface area contributed by atoms with Crippen LogP contribution in [0.4, 0.5) is 5.69 Å². The Labute approximate surface area is 152 Å². The molecule has 3 nitrogen and oxygen atoms in total. The fourth-order valence-electron chi connectivity index (χ4n) is 5.04. The Morgan fingerprint density at radius 3 is 2.80 bits per heavy atom. The molecule has 0 aromatic heterocycles. The van der Waals surface area contributed by atoms with Crippen molar-refractivity contribution >= 4 is 5.69 Å². The highest BCUT2D eigenvalue weighted by Gasteiger charge is 2.42. The SMILES string of the molecule is CCCCCc1ccc2c(c1)[C@H]1OCCC[C@H]1C(C1CCOCC1)N2. The predicted molar refractivity (Wildman–Crippen MR) is 102 cm³/mol. The molecule has 2 fully saturated rings. The van der Waals surface area contributed by atoms with E-state index in [4.69, 9.17) is 9.47 Å². The molecule has 4 rings (SSSR count). The van der Waals surface area contributed by atoms with Gasteiger partial charge in [-0.05, 0) is 56.1 Å². The van der Waals surface area contributed by atoms with Crippen molar-refractivity contribution in [2.45, 2.75) is 70.4 Å². The Morgan fingerprint density at radius 1 is 1.08 bits per heavy atom. The van der Waals surface area contributed by atoms with Gasteiger partial charge in [0, 0.05) is 43.0 Å². The molecule has 0 spiro atoms. The molecule has 3 heteroatoms. The third-order valence-corrected chi connectivity index (χ3v) is 6.42. The van der Waals surface area contributed by atoms with Crippen LogP contribution in [-0.4, -0.2) is 25.9 Å². The van der Waals surface area contributed by atoms with Gasteiger partial charge in [0.15, 0.2) is 0 Å². The Kier molecular flexibility index (Phi) is 5.62. The molecule has 3 aliphatic rings. The number of anilines is 1. The molecule has 3 aliphatic heterocycles. The molecule has 1 unspecified atom stereocenters. The lowest BCUT2D eigenvalue weighted by atomic mass is 9.73. The van der Waals surface area contributed by atoms with E-state index in [1.54, 1.807) is 0 Å². The van der Waals surface area contributed by atoms with E-state index in [9.17, 15) is 0 Å². The van der Waals surface area contributed by atoms with Gasteiger partial charge in [-0.3, -0.25) is 0 Å². The quantitative estimate of drug-likeness (QED) is 0.754. The van der Waals surface area contributed by atoms with Gasteiger partial charge >= 0.3 is 0 Å². The normalized spacial score (nSPS) is 29.6. The molecule has 138 valence electrons. The summed E-state index contributed by atoms with van der Waals surface area (Å²) in [5.74, 6) is 1.34. The minimum atomic E-state index is 0.295. The van der Waals surface area contributed by atoms with Gasteiger partial charge in [-0.1, -0.05) is 31.9 Å². The van der Waals surface area contributed by atoms with Gasteiger partial charge in [-0.2, -0.15) is 0 Å². The van der Waals surface area contributed by atoms with Crippen molar-refractivity contribution in [3.05, 3.63) is 29.3 Å². The molecule has 3 heterocycles. The molecule has 0 radical (unpaired) electrons. The average molecular weight is 344 g/mol. The minimum Gasteiger partial charge on any atom is -0.381 e. The molecule has 0 amide bonds. The van der Waals surface area contributed by atoms with Crippen molar-refractivity contribution in [3.63, 3.8) is 0 Å². The molecular formula is C22H33NO2. The maximum absolute atomic E-state index is 6.34. The van der Waals surface area contributed by atoms with Crippen molar-refractivity contribution in [1.29, 1.82) is 0 Å². The van der Waals surface area contributed by atoms with Crippen molar-refractivity contribution in [2.24, 2.45) is 11.8 Å². The number of nitrogens with one attached hydrogen (secondary N) is 1. The zero-order valence-electron chi connectivity index (χ0n) is 15.6. The Morgan fingerprint density at radius 2 is 1.96 bits per heavy atom. The summed E-state index contributed by atoms with van der Waals surface area (Å²) in [4.78, 5) is 0. The van der Waals surface area contributed by atoms with Gasteiger partial charge in [0.05, 0.1) is 6.10 Å². The molecule has 3 atom stereocenters. The van der Waals surface area contributed by atoms with Gasteiger partial charge in [-0.15, -0.1) is 0 Å². The molecule has 1 aromatic rings. The molecular weight excluding hydrogens is 310 g/mol. The second-order valence-corrected chi connectivity index (χ2v) is 8.10. The number of unbranched alkanes of at least 4 members (excludes halogenated alkanes) is 2. The van der Waals surface area contributed by atoms with E-state index in [-0.39, 0.29) is 0 Å². The van der Waals surface area contributed by atoms with Crippen LogP contribution in [0.1, 0.15) is 69.1 Å². The highest BCUT2D eigenvalue weighted by Crippen LogP contribution is 2.47. The number of benzene rings is 1. The van der Waals surface area contributed by atoms with Crippen LogP contribution < -0.4 is 5.32 Å². The number of fused-ring (bicyclic) bond motifs is 3. The second kappa shape index (κ2) is 8.09. The third-order valence-electron chi connectivity index (χ3n) is 6.42. The van der Waals surface area contributed by atoms with E-state index in [1.165, 1.54) is 68.2 Å². The summed E-state index contributed by atoms with van der Waals surface area (Å²) >= 11 is 0. The number of hydrogen-bond donors (Lipinski definition) is 1. The number of aryl methyl sites for hydroxylation is 1. The van der Waals surface area contributed by atoms with Gasteiger partial charge in [-0.25, -0.2) is 0 Å². The summed E-state index contributed by atoms with van der Waals surface area (Å²) in [5.41, 5.74) is 4.22. The first kappa shape index (κ1) is 17.4. The first-order chi connectivity index (χ1) is 12.4. The van der Waals surface area contributed by atoms with Crippen molar-refractivity contribution < 1.29 is 9.47 Å². The molecule has 1 N–H and O–H groups in total. The Hall–Kier alpha value is -1.06. The first-order valence-electron chi connectivity index (χ1n) is 10.5. The number of ether oxygens (including phenoxy) is 2. The van der Waals surface area contributed by atoms with Gasteiger partial charge in [0.2, 0.25) is 0 Å². The van der Waals surface area contributed by atoms with Crippen molar-refractivity contribution in [1.82, 2.24) is 0 Å². The standard InChI is InChI=1S/C22H33NO2/c1-2-3-4-6-16-8-9-20-19(15-16)22-18(7-5-12-25-22)21(23-20)17-10-13-24-14-11-17/h8-9,15,17-18,21-23H,2-7,10-14H2,1H3/t18-,21?,22-/m0/s1. The molecule has 0 bridgehead atoms. The van der Waals surface area contributed by atoms with E-state index in [0.29, 0.717) is 18.1 Å². The van der Waals surface area contributed by atoms with Crippen molar-refractivity contribution in [3.8, 4) is 0 Å². The summed E-state index contributed by atoms with van der Waals surface area (Å²) in [6.45, 7) is 5.03. The maximum Gasteiger partial charge on any atom is 0.0892 e. The van der Waals surface area contributed by atoms with E-state index in [2.05, 4.69) is 30.4 Å². The summed E-state index contributed by atoms with van der Waals surface area (Å²) in [7, 11) is 0. The van der Waals surface area contributed by atoms with E-state index in [1.807, 2.05) is 0 Å². The zero-order valence-corrected chi connectivity index (χ0v) is 15.6. The van der Waals surface area contributed by atoms with Crippen LogP contribution in [0.25, 0.3) is 0 Å². The maximum atomic E-state index is 6.34. The van der Waals surface area contributed by atoms with Crippen molar-refractivity contribution in [2.75, 3.05) is 25.1 Å². The predicted octanol–water partition coefficient (Wildman–Crippen LogP) is 5.11. The highest BCUT2D eigenvalue weighted by atomic mass is 16.5. The largest absolute Gasteiger partial charge is 0.381 e. The van der Waals surface area contributed by atoms with Crippen LogP contribution in [0, 0.1) is 11.8 Å². The fourth-order valence-corrected chi connectivity index (χ4v) is 5.04. The van der Waals surface area contributed by atoms with Crippen LogP contribution in [0.5, 0.6) is 0 Å². The van der Waals surface area contributed by atoms with Crippen LogP contribution in [-0.2, 0) is 15.9 Å². The van der Waals surface area contributed by atoms with Gasteiger partial charge < -0.3 is 14.8 Å². The molecule has 0 aliphatic carbocycles. The topological polar surface area (TPSA) is 30.5 Å². The Balaban J connectivity index is 1.57. The molecule has 25 heavy (non-hydrogen) atoms. The lowest BCUT2D eigenvalue weighted by molar-refractivity contribution is -0.0517. The number of hydrogen-bond acceptors (Lipinski definition) is 3. The first-order valence-corrected chi connectivity index (χ1v) is 10.5.